The Labute approximate surface area is 185 Å². The van der Waals surface area contributed by atoms with Crippen molar-refractivity contribution >= 4 is 28.0 Å². The summed E-state index contributed by atoms with van der Waals surface area (Å²) in [4.78, 5) is 15.4. The Bertz CT molecular complexity index is 1260. The van der Waals surface area contributed by atoms with Gasteiger partial charge in [0.2, 0.25) is 0 Å². The number of halogens is 2. The van der Waals surface area contributed by atoms with Crippen molar-refractivity contribution in [1.29, 1.82) is 0 Å². The van der Waals surface area contributed by atoms with E-state index >= 15 is 0 Å². The molecule has 0 spiro atoms. The van der Waals surface area contributed by atoms with Crippen LogP contribution in [0.2, 0.25) is 0 Å². The first-order valence-corrected chi connectivity index (χ1v) is 10.8. The number of hydrogen-bond acceptors (Lipinski definition) is 5. The summed E-state index contributed by atoms with van der Waals surface area (Å²) in [6, 6.07) is 11.4. The first kappa shape index (κ1) is 20.3. The standard InChI is InChI=1S/C25H23F2N5/c1-16-5-4-12-32(15-16)22-10-11-28-14-21(22)30-20-9-2-6-17-13-29-25(31-24(17)20)23-18(26)7-3-8-19(23)27/h2-3,6-11,13-14,16,30H,4-5,12,15H2,1H3/t16-/m1/s1. The van der Waals surface area contributed by atoms with Gasteiger partial charge in [-0.25, -0.2) is 18.7 Å². The molecule has 3 heterocycles. The van der Waals surface area contributed by atoms with E-state index in [-0.39, 0.29) is 11.4 Å². The van der Waals surface area contributed by atoms with Gasteiger partial charge in [-0.1, -0.05) is 25.1 Å². The molecule has 1 saturated heterocycles. The molecule has 0 unspecified atom stereocenters. The monoisotopic (exact) mass is 431 g/mol. The SMILES string of the molecule is C[C@@H]1CCCN(c2ccncc2Nc2cccc3cnc(-c4c(F)cccc4F)nc23)C1. The zero-order chi connectivity index (χ0) is 22.1. The maximum absolute atomic E-state index is 14.3. The summed E-state index contributed by atoms with van der Waals surface area (Å²) in [6.07, 6.45) is 7.57. The van der Waals surface area contributed by atoms with Crippen LogP contribution in [-0.2, 0) is 0 Å². The number of nitrogens with zero attached hydrogens (tertiary/aromatic N) is 4. The number of anilines is 3. The molecule has 0 aliphatic carbocycles. The molecule has 0 bridgehead atoms. The Morgan fingerprint density at radius 2 is 1.81 bits per heavy atom. The van der Waals surface area contributed by atoms with Crippen molar-refractivity contribution in [2.45, 2.75) is 19.8 Å². The summed E-state index contributed by atoms with van der Waals surface area (Å²) in [7, 11) is 0. The third kappa shape index (κ3) is 3.86. The van der Waals surface area contributed by atoms with Gasteiger partial charge >= 0.3 is 0 Å². The number of rotatable bonds is 4. The summed E-state index contributed by atoms with van der Waals surface area (Å²) in [5.74, 6) is -0.737. The van der Waals surface area contributed by atoms with E-state index in [9.17, 15) is 8.78 Å². The zero-order valence-electron chi connectivity index (χ0n) is 17.7. The van der Waals surface area contributed by atoms with Crippen LogP contribution >= 0.6 is 0 Å². The number of benzene rings is 2. The second kappa shape index (κ2) is 8.49. The lowest BCUT2D eigenvalue weighted by Gasteiger charge is -2.34. The number of aromatic nitrogens is 3. The third-order valence-electron chi connectivity index (χ3n) is 5.86. The minimum atomic E-state index is -0.691. The van der Waals surface area contributed by atoms with Crippen molar-refractivity contribution in [2.24, 2.45) is 5.92 Å². The van der Waals surface area contributed by atoms with Crippen LogP contribution in [0.15, 0.2) is 61.1 Å². The minimum absolute atomic E-state index is 0.0126. The molecule has 7 heteroatoms. The highest BCUT2D eigenvalue weighted by atomic mass is 19.1. The molecule has 5 nitrogen and oxygen atoms in total. The average Bonchev–Trinajstić information content (AvgIpc) is 2.80. The van der Waals surface area contributed by atoms with Crippen molar-refractivity contribution < 1.29 is 8.78 Å². The number of fused-ring (bicyclic) bond motifs is 1. The molecule has 0 amide bonds. The summed E-state index contributed by atoms with van der Waals surface area (Å²) in [6.45, 7) is 4.26. The maximum atomic E-state index is 14.3. The predicted octanol–water partition coefficient (Wildman–Crippen LogP) is 5.95. The molecule has 1 fully saturated rings. The zero-order valence-corrected chi connectivity index (χ0v) is 17.7. The Kier molecular flexibility index (Phi) is 5.39. The van der Waals surface area contributed by atoms with Crippen LogP contribution in [-0.4, -0.2) is 28.0 Å². The molecule has 2 aromatic heterocycles. The van der Waals surface area contributed by atoms with Gasteiger partial charge in [0.05, 0.1) is 34.3 Å². The Balaban J connectivity index is 1.56. The van der Waals surface area contributed by atoms with Crippen LogP contribution in [0.25, 0.3) is 22.3 Å². The smallest absolute Gasteiger partial charge is 0.165 e. The third-order valence-corrected chi connectivity index (χ3v) is 5.86. The van der Waals surface area contributed by atoms with Gasteiger partial charge in [-0.2, -0.15) is 0 Å². The number of nitrogens with one attached hydrogen (secondary N) is 1. The molecule has 2 aromatic carbocycles. The van der Waals surface area contributed by atoms with Crippen LogP contribution in [0.3, 0.4) is 0 Å². The summed E-state index contributed by atoms with van der Waals surface area (Å²) in [5, 5.41) is 4.22. The van der Waals surface area contributed by atoms with E-state index in [0.717, 1.165) is 42.0 Å². The molecular formula is C25H23F2N5. The van der Waals surface area contributed by atoms with E-state index in [4.69, 9.17) is 0 Å². The second-order valence-electron chi connectivity index (χ2n) is 8.24. The second-order valence-corrected chi connectivity index (χ2v) is 8.24. The van der Waals surface area contributed by atoms with Gasteiger partial charge in [0.1, 0.15) is 11.6 Å². The number of pyridine rings is 1. The minimum Gasteiger partial charge on any atom is -0.370 e. The first-order valence-electron chi connectivity index (χ1n) is 10.8. The highest BCUT2D eigenvalue weighted by Gasteiger charge is 2.20. The van der Waals surface area contributed by atoms with E-state index in [1.165, 1.54) is 24.6 Å². The average molecular weight is 431 g/mol. The fraction of sp³-hybridized carbons (Fsp3) is 0.240. The van der Waals surface area contributed by atoms with Crippen molar-refractivity contribution in [3.05, 3.63) is 72.7 Å². The fourth-order valence-corrected chi connectivity index (χ4v) is 4.30. The lowest BCUT2D eigenvalue weighted by Crippen LogP contribution is -2.34. The Morgan fingerprint density at radius 1 is 1.00 bits per heavy atom. The van der Waals surface area contributed by atoms with E-state index in [0.29, 0.717) is 11.4 Å². The van der Waals surface area contributed by atoms with E-state index in [1.54, 1.807) is 18.6 Å². The lowest BCUT2D eigenvalue weighted by atomic mass is 10.00. The summed E-state index contributed by atoms with van der Waals surface area (Å²) >= 11 is 0. The normalized spacial score (nSPS) is 16.3. The predicted molar refractivity (Wildman–Crippen MR) is 123 cm³/mol. The topological polar surface area (TPSA) is 53.9 Å². The van der Waals surface area contributed by atoms with Crippen LogP contribution < -0.4 is 10.2 Å². The molecule has 162 valence electrons. The summed E-state index contributed by atoms with van der Waals surface area (Å²) < 4.78 is 28.6. The van der Waals surface area contributed by atoms with Crippen LogP contribution in [0, 0.1) is 17.6 Å². The van der Waals surface area contributed by atoms with Gasteiger partial charge in [0.15, 0.2) is 5.82 Å². The molecule has 1 atom stereocenters. The van der Waals surface area contributed by atoms with Gasteiger partial charge in [0.25, 0.3) is 0 Å². The number of para-hydroxylation sites is 1. The van der Waals surface area contributed by atoms with Gasteiger partial charge < -0.3 is 10.2 Å². The van der Waals surface area contributed by atoms with Gasteiger partial charge in [0, 0.05) is 30.9 Å². The van der Waals surface area contributed by atoms with Gasteiger partial charge in [-0.15, -0.1) is 0 Å². The molecule has 0 radical (unpaired) electrons. The van der Waals surface area contributed by atoms with Gasteiger partial charge in [-0.3, -0.25) is 4.98 Å². The van der Waals surface area contributed by atoms with Crippen LogP contribution in [0.5, 0.6) is 0 Å². The number of piperidine rings is 1. The largest absolute Gasteiger partial charge is 0.370 e. The lowest BCUT2D eigenvalue weighted by molar-refractivity contribution is 0.447. The van der Waals surface area contributed by atoms with Gasteiger partial charge in [-0.05, 0) is 43.0 Å². The quantitative estimate of drug-likeness (QED) is 0.433. The highest BCUT2D eigenvalue weighted by Crippen LogP contribution is 2.34. The maximum Gasteiger partial charge on any atom is 0.165 e. The molecule has 1 aliphatic rings. The molecule has 1 N–H and O–H groups in total. The molecule has 4 aromatic rings. The first-order chi connectivity index (χ1) is 15.6. The van der Waals surface area contributed by atoms with Crippen LogP contribution in [0.1, 0.15) is 19.8 Å². The van der Waals surface area contributed by atoms with Crippen molar-refractivity contribution in [3.8, 4) is 11.4 Å². The molecule has 5 rings (SSSR count). The molecule has 1 aliphatic heterocycles. The molecular weight excluding hydrogens is 408 g/mol. The molecule has 0 saturated carbocycles. The number of hydrogen-bond donors (Lipinski definition) is 1. The van der Waals surface area contributed by atoms with Crippen molar-refractivity contribution in [1.82, 2.24) is 15.0 Å². The Hall–Kier alpha value is -3.61. The van der Waals surface area contributed by atoms with Crippen molar-refractivity contribution in [2.75, 3.05) is 23.3 Å². The van der Waals surface area contributed by atoms with E-state index < -0.39 is 11.6 Å². The summed E-state index contributed by atoms with van der Waals surface area (Å²) in [5.41, 5.74) is 3.03. The van der Waals surface area contributed by atoms with E-state index in [1.807, 2.05) is 24.3 Å². The Morgan fingerprint density at radius 3 is 2.62 bits per heavy atom. The van der Waals surface area contributed by atoms with Crippen LogP contribution in [0.4, 0.5) is 25.8 Å². The highest BCUT2D eigenvalue weighted by molar-refractivity contribution is 5.93. The van der Waals surface area contributed by atoms with E-state index in [2.05, 4.69) is 32.1 Å². The van der Waals surface area contributed by atoms with Crippen molar-refractivity contribution in [3.63, 3.8) is 0 Å². The fourth-order valence-electron chi connectivity index (χ4n) is 4.30. The molecule has 32 heavy (non-hydrogen) atoms.